The van der Waals surface area contributed by atoms with E-state index in [0.29, 0.717) is 5.69 Å². The lowest BCUT2D eigenvalue weighted by Gasteiger charge is -2.14. The van der Waals surface area contributed by atoms with Gasteiger partial charge in [-0.15, -0.1) is 0 Å². The second-order valence-electron chi connectivity index (χ2n) is 6.06. The molecular weight excluding hydrogens is 349 g/mol. The van der Waals surface area contributed by atoms with Gasteiger partial charge in [-0.05, 0) is 36.8 Å². The van der Waals surface area contributed by atoms with Crippen molar-refractivity contribution in [3.05, 3.63) is 71.7 Å². The molecule has 0 aliphatic heterocycles. The number of nitrogens with zero attached hydrogens (tertiary/aromatic N) is 1. The second-order valence-corrected chi connectivity index (χ2v) is 6.06. The van der Waals surface area contributed by atoms with Crippen LogP contribution >= 0.6 is 0 Å². The number of hydrogen-bond acceptors (Lipinski definition) is 4. The third kappa shape index (κ3) is 4.38. The van der Waals surface area contributed by atoms with Crippen molar-refractivity contribution in [2.45, 2.75) is 19.9 Å². The molecule has 3 rings (SSSR count). The predicted molar refractivity (Wildman–Crippen MR) is 98.5 cm³/mol. The molecule has 2 amide bonds. The maximum Gasteiger partial charge on any atom is 0.273 e. The van der Waals surface area contributed by atoms with Gasteiger partial charge in [-0.1, -0.05) is 29.4 Å². The van der Waals surface area contributed by atoms with Crippen LogP contribution < -0.4 is 10.6 Å². The Bertz CT molecular complexity index is 984. The van der Waals surface area contributed by atoms with Gasteiger partial charge >= 0.3 is 0 Å². The first kappa shape index (κ1) is 18.3. The average molecular weight is 367 g/mol. The molecule has 6 nitrogen and oxygen atoms in total. The lowest BCUT2D eigenvalue weighted by atomic mass is 10.1. The molecule has 0 aliphatic rings. The van der Waals surface area contributed by atoms with Crippen molar-refractivity contribution in [1.29, 1.82) is 0 Å². The quantitative estimate of drug-likeness (QED) is 0.716. The minimum Gasteiger partial charge on any atom is -0.355 e. The lowest BCUT2D eigenvalue weighted by Crippen LogP contribution is -2.27. The molecule has 1 heterocycles. The molecule has 0 aliphatic carbocycles. The van der Waals surface area contributed by atoms with Crippen LogP contribution in [0.3, 0.4) is 0 Å². The zero-order valence-corrected chi connectivity index (χ0v) is 14.8. The van der Waals surface area contributed by atoms with Gasteiger partial charge in [-0.2, -0.15) is 0 Å². The molecule has 0 bridgehead atoms. The van der Waals surface area contributed by atoms with E-state index in [-0.39, 0.29) is 29.0 Å². The molecular formula is C20H18FN3O3. The van der Waals surface area contributed by atoms with Gasteiger partial charge in [0.1, 0.15) is 5.82 Å². The van der Waals surface area contributed by atoms with Gasteiger partial charge in [0.05, 0.1) is 11.6 Å². The number of hydrogen-bond donors (Lipinski definition) is 2. The molecule has 2 N–H and O–H groups in total. The maximum absolute atomic E-state index is 13.8. The summed E-state index contributed by atoms with van der Waals surface area (Å²) in [6, 6.07) is 14.3. The summed E-state index contributed by atoms with van der Waals surface area (Å²) in [5.74, 6) is -0.895. The fourth-order valence-electron chi connectivity index (χ4n) is 2.61. The van der Waals surface area contributed by atoms with Gasteiger partial charge < -0.3 is 15.2 Å². The largest absolute Gasteiger partial charge is 0.355 e. The van der Waals surface area contributed by atoms with E-state index in [9.17, 15) is 14.0 Å². The van der Waals surface area contributed by atoms with Crippen LogP contribution in [-0.2, 0) is 4.79 Å². The summed E-state index contributed by atoms with van der Waals surface area (Å²) >= 11 is 0. The number of aromatic nitrogens is 1. The number of carbonyl (C=O) groups excluding carboxylic acids is 2. The molecule has 0 saturated heterocycles. The molecule has 0 fully saturated rings. The summed E-state index contributed by atoms with van der Waals surface area (Å²) < 4.78 is 18.9. The molecule has 0 spiro atoms. The van der Waals surface area contributed by atoms with E-state index < -0.39 is 11.7 Å². The van der Waals surface area contributed by atoms with Crippen LogP contribution in [-0.4, -0.2) is 17.0 Å². The van der Waals surface area contributed by atoms with Gasteiger partial charge in [-0.25, -0.2) is 4.39 Å². The first-order valence-electron chi connectivity index (χ1n) is 8.34. The number of amides is 2. The summed E-state index contributed by atoms with van der Waals surface area (Å²) in [4.78, 5) is 23.6. The minimum absolute atomic E-state index is 0.0538. The fourth-order valence-corrected chi connectivity index (χ4v) is 2.61. The molecule has 138 valence electrons. The third-order valence-electron chi connectivity index (χ3n) is 3.94. The van der Waals surface area contributed by atoms with Crippen molar-refractivity contribution < 1.29 is 18.5 Å². The van der Waals surface area contributed by atoms with Crippen molar-refractivity contribution in [3.63, 3.8) is 0 Å². The van der Waals surface area contributed by atoms with E-state index in [4.69, 9.17) is 4.52 Å². The highest BCUT2D eigenvalue weighted by molar-refractivity contribution is 5.93. The van der Waals surface area contributed by atoms with Crippen LogP contribution in [0, 0.1) is 5.82 Å². The highest BCUT2D eigenvalue weighted by Crippen LogP contribution is 2.24. The number of rotatable bonds is 5. The van der Waals surface area contributed by atoms with Gasteiger partial charge in [0.15, 0.2) is 11.5 Å². The SMILES string of the molecule is CC(=O)Nc1cccc([C@@H](C)NC(=O)c2cc(-c3ccccc3F)on2)c1. The summed E-state index contributed by atoms with van der Waals surface area (Å²) in [5.41, 5.74) is 1.75. The molecule has 27 heavy (non-hydrogen) atoms. The van der Waals surface area contributed by atoms with Crippen molar-refractivity contribution in [2.75, 3.05) is 5.32 Å². The topological polar surface area (TPSA) is 84.2 Å². The van der Waals surface area contributed by atoms with Crippen molar-refractivity contribution in [2.24, 2.45) is 0 Å². The molecule has 1 aromatic heterocycles. The van der Waals surface area contributed by atoms with Crippen LogP contribution in [0.1, 0.15) is 35.9 Å². The average Bonchev–Trinajstić information content (AvgIpc) is 3.12. The van der Waals surface area contributed by atoms with Crippen LogP contribution in [0.5, 0.6) is 0 Å². The Morgan fingerprint density at radius 1 is 1.11 bits per heavy atom. The molecule has 3 aromatic rings. The first-order valence-corrected chi connectivity index (χ1v) is 8.34. The van der Waals surface area contributed by atoms with Gasteiger partial charge in [0, 0.05) is 18.7 Å². The number of carbonyl (C=O) groups is 2. The molecule has 0 unspecified atom stereocenters. The summed E-state index contributed by atoms with van der Waals surface area (Å²) in [5, 5.41) is 9.23. The van der Waals surface area contributed by atoms with Crippen molar-refractivity contribution in [3.8, 4) is 11.3 Å². The number of anilines is 1. The van der Waals surface area contributed by atoms with E-state index in [2.05, 4.69) is 15.8 Å². The van der Waals surface area contributed by atoms with E-state index in [1.165, 1.54) is 19.1 Å². The number of halogens is 1. The van der Waals surface area contributed by atoms with Gasteiger partial charge in [0.2, 0.25) is 5.91 Å². The van der Waals surface area contributed by atoms with Crippen molar-refractivity contribution >= 4 is 17.5 Å². The van der Waals surface area contributed by atoms with E-state index >= 15 is 0 Å². The summed E-state index contributed by atoms with van der Waals surface area (Å²) in [6.45, 7) is 3.23. The molecule has 0 saturated carbocycles. The van der Waals surface area contributed by atoms with Crippen LogP contribution in [0.25, 0.3) is 11.3 Å². The van der Waals surface area contributed by atoms with Gasteiger partial charge in [-0.3, -0.25) is 9.59 Å². The molecule has 0 radical (unpaired) electrons. The Hall–Kier alpha value is -3.48. The Kier molecular flexibility index (Phi) is 5.30. The summed E-state index contributed by atoms with van der Waals surface area (Å²) in [7, 11) is 0. The fraction of sp³-hybridized carbons (Fsp3) is 0.150. The normalized spacial score (nSPS) is 11.7. The lowest BCUT2D eigenvalue weighted by molar-refractivity contribution is -0.114. The summed E-state index contributed by atoms with van der Waals surface area (Å²) in [6.07, 6.45) is 0. The Labute approximate surface area is 155 Å². The Morgan fingerprint density at radius 3 is 2.63 bits per heavy atom. The van der Waals surface area contributed by atoms with Gasteiger partial charge in [0.25, 0.3) is 5.91 Å². The van der Waals surface area contributed by atoms with Crippen LogP contribution in [0.2, 0.25) is 0 Å². The van der Waals surface area contributed by atoms with E-state index in [0.717, 1.165) is 5.56 Å². The zero-order chi connectivity index (χ0) is 19.4. The van der Waals surface area contributed by atoms with Crippen LogP contribution in [0.4, 0.5) is 10.1 Å². The van der Waals surface area contributed by atoms with Crippen molar-refractivity contribution in [1.82, 2.24) is 10.5 Å². The number of nitrogens with one attached hydrogen (secondary N) is 2. The van der Waals surface area contributed by atoms with E-state index in [1.807, 2.05) is 13.0 Å². The second kappa shape index (κ2) is 7.82. The smallest absolute Gasteiger partial charge is 0.273 e. The molecule has 1 atom stereocenters. The highest BCUT2D eigenvalue weighted by atomic mass is 19.1. The van der Waals surface area contributed by atoms with Crippen LogP contribution in [0.15, 0.2) is 59.1 Å². The Balaban J connectivity index is 1.72. The first-order chi connectivity index (χ1) is 12.9. The van der Waals surface area contributed by atoms with E-state index in [1.54, 1.807) is 36.4 Å². The molecule has 7 heteroatoms. The highest BCUT2D eigenvalue weighted by Gasteiger charge is 2.18. The maximum atomic E-state index is 13.8. The number of benzene rings is 2. The standard InChI is InChI=1S/C20H18FN3O3/c1-12(14-6-5-7-15(10-14)23-13(2)25)22-20(26)18-11-19(27-24-18)16-8-3-4-9-17(16)21/h3-12H,1-2H3,(H,22,26)(H,23,25)/t12-/m1/s1. The minimum atomic E-state index is -0.455. The monoisotopic (exact) mass is 367 g/mol. The Morgan fingerprint density at radius 2 is 1.89 bits per heavy atom. The molecule has 2 aromatic carbocycles. The predicted octanol–water partition coefficient (Wildman–Crippen LogP) is 3.93. The zero-order valence-electron chi connectivity index (χ0n) is 14.8. The third-order valence-corrected chi connectivity index (χ3v) is 3.94.